The Morgan fingerprint density at radius 3 is 2.45 bits per heavy atom. The highest BCUT2D eigenvalue weighted by atomic mass is 35.5. The van der Waals surface area contributed by atoms with Crippen molar-refractivity contribution < 1.29 is 23.4 Å². The second-order valence-electron chi connectivity index (χ2n) is 3.82. The van der Waals surface area contributed by atoms with E-state index in [4.69, 9.17) is 27.2 Å². The lowest BCUT2D eigenvalue weighted by Crippen LogP contribution is -2.07. The highest BCUT2D eigenvalue weighted by molar-refractivity contribution is 6.32. The van der Waals surface area contributed by atoms with Crippen LogP contribution in [0.5, 0.6) is 11.5 Å². The number of halogens is 3. The molecule has 0 aliphatic carbocycles. The fourth-order valence-corrected chi connectivity index (χ4v) is 1.76. The number of carbonyl (C=O) groups is 1. The van der Waals surface area contributed by atoms with Crippen molar-refractivity contribution in [3.8, 4) is 11.5 Å². The van der Waals surface area contributed by atoms with Crippen molar-refractivity contribution >= 4 is 23.3 Å². The number of nitrogens with two attached hydrogens (primary N) is 1. The van der Waals surface area contributed by atoms with E-state index in [1.807, 2.05) is 0 Å². The monoisotopic (exact) mass is 299 g/mol. The summed E-state index contributed by atoms with van der Waals surface area (Å²) in [6.45, 7) is 0. The van der Waals surface area contributed by atoms with E-state index in [1.165, 1.54) is 6.07 Å². The van der Waals surface area contributed by atoms with Crippen molar-refractivity contribution in [2.24, 2.45) is 0 Å². The Morgan fingerprint density at radius 2 is 1.85 bits per heavy atom. The molecule has 20 heavy (non-hydrogen) atoms. The molecular weight excluding hydrogens is 292 g/mol. The molecule has 0 atom stereocenters. The number of benzene rings is 2. The number of rotatable bonds is 3. The van der Waals surface area contributed by atoms with Gasteiger partial charge in [-0.3, -0.25) is 0 Å². The van der Waals surface area contributed by atoms with Gasteiger partial charge in [0.15, 0.2) is 0 Å². The molecule has 0 fully saturated rings. The molecule has 0 amide bonds. The maximum Gasteiger partial charge on any atom is 0.341 e. The molecule has 0 radical (unpaired) electrons. The van der Waals surface area contributed by atoms with Crippen LogP contribution in [-0.2, 0) is 0 Å². The summed E-state index contributed by atoms with van der Waals surface area (Å²) in [7, 11) is 0. The number of hydrogen-bond donors (Lipinski definition) is 2. The lowest BCUT2D eigenvalue weighted by Gasteiger charge is -2.12. The fraction of sp³-hybridized carbons (Fsp3) is 0. The summed E-state index contributed by atoms with van der Waals surface area (Å²) in [6, 6.07) is 5.39. The molecule has 2 aromatic rings. The number of nitrogen functional groups attached to an aromatic ring is 1. The van der Waals surface area contributed by atoms with Gasteiger partial charge >= 0.3 is 5.97 Å². The second kappa shape index (κ2) is 5.34. The molecule has 0 spiro atoms. The number of anilines is 1. The van der Waals surface area contributed by atoms with Gasteiger partial charge in [0, 0.05) is 0 Å². The van der Waals surface area contributed by atoms with E-state index < -0.39 is 28.9 Å². The molecular formula is C13H8ClF2NO3. The lowest BCUT2D eigenvalue weighted by molar-refractivity contribution is 0.0695. The van der Waals surface area contributed by atoms with Crippen LogP contribution in [0.2, 0.25) is 5.02 Å². The summed E-state index contributed by atoms with van der Waals surface area (Å²) in [5.74, 6) is -3.05. The standard InChI is InChI=1S/C13H8ClF2NO3/c14-7-5-6(15)1-3-9(7)20-10-4-2-8(16)12(17)11(10)13(18)19/h1-5H,17H2,(H,18,19). The molecule has 0 aliphatic rings. The van der Waals surface area contributed by atoms with Gasteiger partial charge in [-0.2, -0.15) is 0 Å². The quantitative estimate of drug-likeness (QED) is 0.848. The Kier molecular flexibility index (Phi) is 3.76. The molecule has 0 unspecified atom stereocenters. The first-order valence-electron chi connectivity index (χ1n) is 5.34. The zero-order valence-electron chi connectivity index (χ0n) is 9.86. The summed E-state index contributed by atoms with van der Waals surface area (Å²) in [6.07, 6.45) is 0. The molecule has 3 N–H and O–H groups in total. The zero-order chi connectivity index (χ0) is 14.9. The minimum atomic E-state index is -1.45. The molecule has 4 nitrogen and oxygen atoms in total. The lowest BCUT2D eigenvalue weighted by atomic mass is 10.1. The van der Waals surface area contributed by atoms with E-state index in [9.17, 15) is 13.6 Å². The van der Waals surface area contributed by atoms with Gasteiger partial charge in [-0.05, 0) is 30.3 Å². The van der Waals surface area contributed by atoms with Crippen molar-refractivity contribution in [2.45, 2.75) is 0 Å². The van der Waals surface area contributed by atoms with Crippen LogP contribution in [0.1, 0.15) is 10.4 Å². The molecule has 0 heterocycles. The van der Waals surface area contributed by atoms with Crippen LogP contribution < -0.4 is 10.5 Å². The number of ether oxygens (including phenoxy) is 1. The Bertz CT molecular complexity index is 692. The molecule has 104 valence electrons. The summed E-state index contributed by atoms with van der Waals surface area (Å²) >= 11 is 5.76. The number of carboxylic acid groups (broad SMARTS) is 1. The summed E-state index contributed by atoms with van der Waals surface area (Å²) in [5, 5.41) is 8.99. The molecule has 0 aromatic heterocycles. The van der Waals surface area contributed by atoms with Gasteiger partial charge in [-0.25, -0.2) is 13.6 Å². The van der Waals surface area contributed by atoms with E-state index in [1.54, 1.807) is 0 Å². The van der Waals surface area contributed by atoms with Crippen molar-refractivity contribution in [1.29, 1.82) is 0 Å². The largest absolute Gasteiger partial charge is 0.477 e. The van der Waals surface area contributed by atoms with E-state index in [0.717, 1.165) is 24.3 Å². The number of aromatic carboxylic acids is 1. The van der Waals surface area contributed by atoms with Gasteiger partial charge < -0.3 is 15.6 Å². The van der Waals surface area contributed by atoms with Gasteiger partial charge in [0.05, 0.1) is 10.7 Å². The number of hydrogen-bond acceptors (Lipinski definition) is 3. The zero-order valence-corrected chi connectivity index (χ0v) is 10.6. The van der Waals surface area contributed by atoms with Gasteiger partial charge in [0.1, 0.15) is 28.7 Å². The van der Waals surface area contributed by atoms with E-state index in [2.05, 4.69) is 0 Å². The maximum atomic E-state index is 13.3. The average Bonchev–Trinajstić information content (AvgIpc) is 2.36. The normalized spacial score (nSPS) is 10.3. The van der Waals surface area contributed by atoms with Crippen molar-refractivity contribution in [3.05, 3.63) is 52.6 Å². The van der Waals surface area contributed by atoms with Crippen molar-refractivity contribution in [2.75, 3.05) is 5.73 Å². The Hall–Kier alpha value is -2.34. The highest BCUT2D eigenvalue weighted by Gasteiger charge is 2.20. The third-order valence-electron chi connectivity index (χ3n) is 2.48. The first-order valence-corrected chi connectivity index (χ1v) is 5.72. The smallest absolute Gasteiger partial charge is 0.341 e. The predicted octanol–water partition coefficient (Wildman–Crippen LogP) is 3.69. The average molecular weight is 300 g/mol. The van der Waals surface area contributed by atoms with Crippen LogP contribution in [0.3, 0.4) is 0 Å². The molecule has 2 rings (SSSR count). The molecule has 0 saturated heterocycles. The van der Waals surface area contributed by atoms with Crippen molar-refractivity contribution in [1.82, 2.24) is 0 Å². The van der Waals surface area contributed by atoms with Crippen LogP contribution in [0.25, 0.3) is 0 Å². The highest BCUT2D eigenvalue weighted by Crippen LogP contribution is 2.34. The number of carboxylic acids is 1. The first-order chi connectivity index (χ1) is 9.40. The van der Waals surface area contributed by atoms with E-state index in [-0.39, 0.29) is 16.5 Å². The van der Waals surface area contributed by atoms with Crippen LogP contribution in [-0.4, -0.2) is 11.1 Å². The second-order valence-corrected chi connectivity index (χ2v) is 4.22. The maximum absolute atomic E-state index is 13.3. The van der Waals surface area contributed by atoms with Gasteiger partial charge in [-0.15, -0.1) is 0 Å². The van der Waals surface area contributed by atoms with Crippen LogP contribution in [0, 0.1) is 11.6 Å². The predicted molar refractivity (Wildman–Crippen MR) is 69.3 cm³/mol. The minimum absolute atomic E-state index is 0.0292. The van der Waals surface area contributed by atoms with Gasteiger partial charge in [-0.1, -0.05) is 11.6 Å². The molecule has 0 aliphatic heterocycles. The summed E-state index contributed by atoms with van der Waals surface area (Å²) in [5.41, 5.74) is 4.30. The molecule has 0 saturated carbocycles. The SMILES string of the molecule is Nc1c(F)ccc(Oc2ccc(F)cc2Cl)c1C(=O)O. The van der Waals surface area contributed by atoms with E-state index >= 15 is 0 Å². The summed E-state index contributed by atoms with van der Waals surface area (Å²) in [4.78, 5) is 11.1. The van der Waals surface area contributed by atoms with Crippen LogP contribution >= 0.6 is 11.6 Å². The third-order valence-corrected chi connectivity index (χ3v) is 2.78. The topological polar surface area (TPSA) is 72.5 Å². The third kappa shape index (κ3) is 2.65. The van der Waals surface area contributed by atoms with Gasteiger partial charge in [0.25, 0.3) is 0 Å². The van der Waals surface area contributed by atoms with Crippen LogP contribution in [0.15, 0.2) is 30.3 Å². The molecule has 0 bridgehead atoms. The first kappa shape index (κ1) is 14.1. The summed E-state index contributed by atoms with van der Waals surface area (Å²) < 4.78 is 31.4. The van der Waals surface area contributed by atoms with E-state index in [0.29, 0.717) is 0 Å². The Morgan fingerprint density at radius 1 is 1.20 bits per heavy atom. The molecule has 2 aromatic carbocycles. The Labute approximate surface area is 117 Å². The Balaban J connectivity index is 2.48. The fourth-order valence-electron chi connectivity index (χ4n) is 1.56. The van der Waals surface area contributed by atoms with Gasteiger partial charge in [0.2, 0.25) is 0 Å². The van der Waals surface area contributed by atoms with Crippen LogP contribution in [0.4, 0.5) is 14.5 Å². The minimum Gasteiger partial charge on any atom is -0.477 e. The molecule has 7 heteroatoms. The van der Waals surface area contributed by atoms with Crippen molar-refractivity contribution in [3.63, 3.8) is 0 Å².